The Morgan fingerprint density at radius 3 is 2.95 bits per heavy atom. The third-order valence-corrected chi connectivity index (χ3v) is 3.09. The van der Waals surface area contributed by atoms with E-state index in [0.717, 1.165) is 0 Å². The van der Waals surface area contributed by atoms with Crippen LogP contribution in [0.1, 0.15) is 23.9 Å². The van der Waals surface area contributed by atoms with Crippen LogP contribution in [0.25, 0.3) is 0 Å². The Bertz CT molecular complexity index is 498. The minimum atomic E-state index is -0.437. The van der Waals surface area contributed by atoms with E-state index in [1.54, 1.807) is 17.0 Å². The van der Waals surface area contributed by atoms with E-state index in [4.69, 9.17) is 4.42 Å². The molecule has 0 radical (unpaired) electrons. The molecule has 1 aromatic heterocycles. The summed E-state index contributed by atoms with van der Waals surface area (Å²) in [7, 11) is 0. The van der Waals surface area contributed by atoms with Crippen LogP contribution in [0.15, 0.2) is 22.8 Å². The second kappa shape index (κ2) is 6.23. The van der Waals surface area contributed by atoms with Crippen LogP contribution in [-0.4, -0.2) is 48.3 Å². The first-order valence-electron chi connectivity index (χ1n) is 6.45. The Hall–Kier alpha value is -2.31. The van der Waals surface area contributed by atoms with Gasteiger partial charge in [0.25, 0.3) is 5.91 Å². The van der Waals surface area contributed by atoms with Crippen LogP contribution in [-0.2, 0) is 9.59 Å². The van der Waals surface area contributed by atoms with Gasteiger partial charge in [-0.1, -0.05) is 0 Å². The quantitative estimate of drug-likeness (QED) is 0.777. The minimum absolute atomic E-state index is 0.104. The summed E-state index contributed by atoms with van der Waals surface area (Å²) in [6, 6.07) is 2.77. The van der Waals surface area contributed by atoms with E-state index in [9.17, 15) is 14.4 Å². The van der Waals surface area contributed by atoms with Gasteiger partial charge in [-0.3, -0.25) is 14.4 Å². The Kier molecular flexibility index (Phi) is 4.39. The zero-order valence-electron chi connectivity index (χ0n) is 11.2. The van der Waals surface area contributed by atoms with Crippen molar-refractivity contribution in [1.29, 1.82) is 0 Å². The predicted molar refractivity (Wildman–Crippen MR) is 69.8 cm³/mol. The van der Waals surface area contributed by atoms with Gasteiger partial charge in [0.1, 0.15) is 6.04 Å². The lowest BCUT2D eigenvalue weighted by molar-refractivity contribution is -0.132. The maximum Gasteiger partial charge on any atom is 0.287 e. The highest BCUT2D eigenvalue weighted by Gasteiger charge is 2.31. The monoisotopic (exact) mass is 279 g/mol. The van der Waals surface area contributed by atoms with Crippen LogP contribution in [0.5, 0.6) is 0 Å². The zero-order valence-corrected chi connectivity index (χ0v) is 11.2. The van der Waals surface area contributed by atoms with Gasteiger partial charge in [-0.05, 0) is 18.6 Å². The molecule has 2 rings (SSSR count). The molecule has 3 amide bonds. The predicted octanol–water partition coefficient (Wildman–Crippen LogP) is -0.254. The SMILES string of the molecule is CC(=O)NC1CCN(CCNC(=O)c2ccco2)C1=O. The molecule has 1 aliphatic rings. The lowest BCUT2D eigenvalue weighted by atomic mass is 10.2. The van der Waals surface area contributed by atoms with Gasteiger partial charge < -0.3 is 20.0 Å². The van der Waals surface area contributed by atoms with E-state index in [1.165, 1.54) is 13.2 Å². The second-order valence-corrected chi connectivity index (χ2v) is 4.60. The standard InChI is InChI=1S/C13H17N3O4/c1-9(17)15-10-4-6-16(13(10)19)7-5-14-12(18)11-3-2-8-20-11/h2-3,8,10H,4-7H2,1H3,(H,14,18)(H,15,17). The van der Waals surface area contributed by atoms with Crippen LogP contribution in [0, 0.1) is 0 Å². The largest absolute Gasteiger partial charge is 0.459 e. The maximum absolute atomic E-state index is 11.9. The van der Waals surface area contributed by atoms with Crippen molar-refractivity contribution in [2.45, 2.75) is 19.4 Å². The van der Waals surface area contributed by atoms with Crippen molar-refractivity contribution >= 4 is 17.7 Å². The Morgan fingerprint density at radius 1 is 1.50 bits per heavy atom. The molecule has 2 heterocycles. The number of likely N-dealkylation sites (tertiary alicyclic amines) is 1. The molecule has 1 aliphatic heterocycles. The van der Waals surface area contributed by atoms with Crippen LogP contribution in [0.2, 0.25) is 0 Å². The molecule has 1 atom stereocenters. The Labute approximate surface area is 116 Å². The fraction of sp³-hybridized carbons (Fsp3) is 0.462. The molecular formula is C13H17N3O4. The molecule has 1 unspecified atom stereocenters. The summed E-state index contributed by atoms with van der Waals surface area (Å²) in [4.78, 5) is 36.1. The normalized spacial score (nSPS) is 18.1. The number of carbonyl (C=O) groups excluding carboxylic acids is 3. The number of amides is 3. The number of nitrogens with zero attached hydrogens (tertiary/aromatic N) is 1. The fourth-order valence-electron chi connectivity index (χ4n) is 2.14. The molecule has 108 valence electrons. The molecule has 7 nitrogen and oxygen atoms in total. The first-order chi connectivity index (χ1) is 9.58. The number of carbonyl (C=O) groups is 3. The molecule has 1 fully saturated rings. The fourth-order valence-corrected chi connectivity index (χ4v) is 2.14. The van der Waals surface area contributed by atoms with Crippen molar-refractivity contribution in [3.63, 3.8) is 0 Å². The van der Waals surface area contributed by atoms with Crippen LogP contribution in [0.4, 0.5) is 0 Å². The number of rotatable bonds is 5. The molecule has 1 aromatic rings. The average molecular weight is 279 g/mol. The summed E-state index contributed by atoms with van der Waals surface area (Å²) >= 11 is 0. The third kappa shape index (κ3) is 3.37. The highest BCUT2D eigenvalue weighted by atomic mass is 16.3. The molecule has 0 spiro atoms. The molecule has 1 saturated heterocycles. The van der Waals surface area contributed by atoms with E-state index >= 15 is 0 Å². The van der Waals surface area contributed by atoms with Crippen molar-refractivity contribution in [1.82, 2.24) is 15.5 Å². The van der Waals surface area contributed by atoms with Gasteiger partial charge in [-0.15, -0.1) is 0 Å². The van der Waals surface area contributed by atoms with Gasteiger partial charge in [-0.2, -0.15) is 0 Å². The van der Waals surface area contributed by atoms with Gasteiger partial charge in [-0.25, -0.2) is 0 Å². The Morgan fingerprint density at radius 2 is 2.30 bits per heavy atom. The number of nitrogens with one attached hydrogen (secondary N) is 2. The molecule has 2 N–H and O–H groups in total. The first kappa shape index (κ1) is 14.1. The molecule has 7 heteroatoms. The van der Waals surface area contributed by atoms with Crippen molar-refractivity contribution in [2.75, 3.05) is 19.6 Å². The van der Waals surface area contributed by atoms with E-state index in [0.29, 0.717) is 26.1 Å². The summed E-state index contributed by atoms with van der Waals surface area (Å²) in [5, 5.41) is 5.28. The van der Waals surface area contributed by atoms with Gasteiger partial charge in [0.15, 0.2) is 5.76 Å². The summed E-state index contributed by atoms with van der Waals surface area (Å²) in [6.07, 6.45) is 2.03. The third-order valence-electron chi connectivity index (χ3n) is 3.09. The van der Waals surface area contributed by atoms with Crippen molar-refractivity contribution in [3.05, 3.63) is 24.2 Å². The highest BCUT2D eigenvalue weighted by Crippen LogP contribution is 2.10. The van der Waals surface area contributed by atoms with Crippen LogP contribution < -0.4 is 10.6 Å². The number of furan rings is 1. The van der Waals surface area contributed by atoms with Crippen LogP contribution >= 0.6 is 0 Å². The molecular weight excluding hydrogens is 262 g/mol. The summed E-state index contributed by atoms with van der Waals surface area (Å²) in [5.74, 6) is -0.377. The van der Waals surface area contributed by atoms with Crippen molar-refractivity contribution < 1.29 is 18.8 Å². The Balaban J connectivity index is 1.74. The molecule has 0 aromatic carbocycles. The van der Waals surface area contributed by atoms with Crippen LogP contribution in [0.3, 0.4) is 0 Å². The zero-order chi connectivity index (χ0) is 14.5. The lowest BCUT2D eigenvalue weighted by Crippen LogP contribution is -2.42. The van der Waals surface area contributed by atoms with E-state index in [2.05, 4.69) is 10.6 Å². The first-order valence-corrected chi connectivity index (χ1v) is 6.45. The smallest absolute Gasteiger partial charge is 0.287 e. The van der Waals surface area contributed by atoms with Crippen molar-refractivity contribution in [3.8, 4) is 0 Å². The van der Waals surface area contributed by atoms with Gasteiger partial charge >= 0.3 is 0 Å². The minimum Gasteiger partial charge on any atom is -0.459 e. The van der Waals surface area contributed by atoms with E-state index < -0.39 is 6.04 Å². The maximum atomic E-state index is 11.9. The summed E-state index contributed by atoms with van der Waals surface area (Å²) < 4.78 is 4.96. The molecule has 0 aliphatic carbocycles. The highest BCUT2D eigenvalue weighted by molar-refractivity contribution is 5.91. The van der Waals surface area contributed by atoms with Gasteiger partial charge in [0.2, 0.25) is 11.8 Å². The van der Waals surface area contributed by atoms with Gasteiger partial charge in [0.05, 0.1) is 6.26 Å². The number of hydrogen-bond acceptors (Lipinski definition) is 4. The lowest BCUT2D eigenvalue weighted by Gasteiger charge is -2.16. The topological polar surface area (TPSA) is 91.7 Å². The van der Waals surface area contributed by atoms with E-state index in [1.807, 2.05) is 0 Å². The van der Waals surface area contributed by atoms with Crippen molar-refractivity contribution in [2.24, 2.45) is 0 Å². The average Bonchev–Trinajstić information content (AvgIpc) is 3.02. The van der Waals surface area contributed by atoms with E-state index in [-0.39, 0.29) is 23.5 Å². The summed E-state index contributed by atoms with van der Waals surface area (Å²) in [6.45, 7) is 2.74. The second-order valence-electron chi connectivity index (χ2n) is 4.60. The number of hydrogen-bond donors (Lipinski definition) is 2. The van der Waals surface area contributed by atoms with Gasteiger partial charge in [0, 0.05) is 26.6 Å². The molecule has 0 bridgehead atoms. The molecule has 0 saturated carbocycles. The summed E-state index contributed by atoms with van der Waals surface area (Å²) in [5.41, 5.74) is 0. The molecule has 20 heavy (non-hydrogen) atoms.